The molecule has 0 aliphatic carbocycles. The van der Waals surface area contributed by atoms with Crippen molar-refractivity contribution < 1.29 is 9.53 Å². The predicted octanol–water partition coefficient (Wildman–Crippen LogP) is 2.75. The number of nitrogens with zero attached hydrogens (tertiary/aromatic N) is 2. The maximum atomic E-state index is 11.2. The van der Waals surface area contributed by atoms with E-state index in [1.54, 1.807) is 12.1 Å². The Morgan fingerprint density at radius 1 is 1.31 bits per heavy atom. The fourth-order valence-corrected chi connectivity index (χ4v) is 2.30. The number of hydrogen-bond donors (Lipinski definition) is 0. The van der Waals surface area contributed by atoms with Gasteiger partial charge in [0.1, 0.15) is 5.01 Å². The molecule has 2 rings (SSSR count). The van der Waals surface area contributed by atoms with Crippen LogP contribution in [-0.4, -0.2) is 23.3 Å². The van der Waals surface area contributed by atoms with E-state index in [-0.39, 0.29) is 5.97 Å². The molecule has 0 spiro atoms. The van der Waals surface area contributed by atoms with Crippen LogP contribution in [0.1, 0.15) is 10.4 Å². The molecular formula is C10H7BrN2O2S. The van der Waals surface area contributed by atoms with Gasteiger partial charge in [-0.15, -0.1) is 10.2 Å². The van der Waals surface area contributed by atoms with E-state index in [9.17, 15) is 4.79 Å². The number of hydrogen-bond acceptors (Lipinski definition) is 5. The second kappa shape index (κ2) is 4.71. The second-order valence-electron chi connectivity index (χ2n) is 2.93. The number of halogens is 1. The van der Waals surface area contributed by atoms with Crippen molar-refractivity contribution in [2.75, 3.05) is 7.11 Å². The Kier molecular flexibility index (Phi) is 3.31. The molecule has 0 fully saturated rings. The first-order chi connectivity index (χ1) is 7.70. The molecule has 1 heterocycles. The number of esters is 1. The minimum atomic E-state index is -0.343. The fraction of sp³-hybridized carbons (Fsp3) is 0.100. The summed E-state index contributed by atoms with van der Waals surface area (Å²) in [5, 5.41) is 8.66. The van der Waals surface area contributed by atoms with Crippen molar-refractivity contribution in [3.8, 4) is 10.6 Å². The molecule has 0 aliphatic rings. The molecule has 1 aromatic carbocycles. The van der Waals surface area contributed by atoms with Gasteiger partial charge in [-0.2, -0.15) is 0 Å². The molecule has 0 atom stereocenters. The number of ether oxygens (including phenoxy) is 1. The minimum Gasteiger partial charge on any atom is -0.465 e. The first kappa shape index (κ1) is 11.2. The van der Waals surface area contributed by atoms with Gasteiger partial charge in [0.05, 0.1) is 12.7 Å². The Balaban J connectivity index is 2.29. The first-order valence-electron chi connectivity index (χ1n) is 4.38. The largest absolute Gasteiger partial charge is 0.465 e. The minimum absolute atomic E-state index is 0.343. The molecule has 0 bridgehead atoms. The Hall–Kier alpha value is -1.27. The first-order valence-corrected chi connectivity index (χ1v) is 5.99. The molecule has 1 aromatic heterocycles. The zero-order valence-electron chi connectivity index (χ0n) is 8.31. The summed E-state index contributed by atoms with van der Waals surface area (Å²) in [5.41, 5.74) is 1.45. The number of benzene rings is 1. The fourth-order valence-electron chi connectivity index (χ4n) is 1.19. The van der Waals surface area contributed by atoms with Gasteiger partial charge in [-0.25, -0.2) is 4.79 Å². The summed E-state index contributed by atoms with van der Waals surface area (Å²) in [7, 11) is 1.36. The van der Waals surface area contributed by atoms with E-state index in [1.807, 2.05) is 12.1 Å². The van der Waals surface area contributed by atoms with Crippen LogP contribution in [0.2, 0.25) is 0 Å². The highest BCUT2D eigenvalue weighted by Gasteiger charge is 2.07. The maximum absolute atomic E-state index is 11.2. The molecule has 0 aliphatic heterocycles. The van der Waals surface area contributed by atoms with Crippen molar-refractivity contribution in [2.24, 2.45) is 0 Å². The molecule has 4 nitrogen and oxygen atoms in total. The van der Waals surface area contributed by atoms with E-state index in [0.29, 0.717) is 5.56 Å². The standard InChI is InChI=1S/C10H7BrN2O2S/c1-15-9(14)7-4-2-6(3-5-7)8-12-13-10(11)16-8/h2-5H,1H3. The summed E-state index contributed by atoms with van der Waals surface area (Å²) in [6.45, 7) is 0. The van der Waals surface area contributed by atoms with Crippen LogP contribution in [0.4, 0.5) is 0 Å². The average Bonchev–Trinajstić information content (AvgIpc) is 2.75. The monoisotopic (exact) mass is 298 g/mol. The lowest BCUT2D eigenvalue weighted by Crippen LogP contribution is -2.00. The lowest BCUT2D eigenvalue weighted by atomic mass is 10.1. The summed E-state index contributed by atoms with van der Waals surface area (Å²) in [6.07, 6.45) is 0. The van der Waals surface area contributed by atoms with E-state index >= 15 is 0 Å². The highest BCUT2D eigenvalue weighted by atomic mass is 79.9. The van der Waals surface area contributed by atoms with Gasteiger partial charge in [-0.1, -0.05) is 23.5 Å². The molecule has 0 saturated carbocycles. The topological polar surface area (TPSA) is 52.1 Å². The van der Waals surface area contributed by atoms with E-state index in [2.05, 4.69) is 30.9 Å². The molecule has 0 unspecified atom stereocenters. The second-order valence-corrected chi connectivity index (χ2v) is 5.18. The summed E-state index contributed by atoms with van der Waals surface area (Å²) in [5.74, 6) is -0.343. The quantitative estimate of drug-likeness (QED) is 0.800. The Morgan fingerprint density at radius 2 is 2.00 bits per heavy atom. The number of aromatic nitrogens is 2. The van der Waals surface area contributed by atoms with E-state index in [0.717, 1.165) is 14.5 Å². The van der Waals surface area contributed by atoms with Crippen molar-refractivity contribution in [1.82, 2.24) is 10.2 Å². The van der Waals surface area contributed by atoms with Crippen LogP contribution in [0.25, 0.3) is 10.6 Å². The van der Waals surface area contributed by atoms with Crippen molar-refractivity contribution in [1.29, 1.82) is 0 Å². The molecule has 0 amide bonds. The van der Waals surface area contributed by atoms with Crippen LogP contribution < -0.4 is 0 Å². The van der Waals surface area contributed by atoms with Gasteiger partial charge >= 0.3 is 5.97 Å². The smallest absolute Gasteiger partial charge is 0.337 e. The summed E-state index contributed by atoms with van der Waals surface area (Å²) < 4.78 is 5.35. The van der Waals surface area contributed by atoms with Crippen molar-refractivity contribution in [2.45, 2.75) is 0 Å². The molecule has 2 aromatic rings. The Bertz CT molecular complexity index is 510. The molecule has 16 heavy (non-hydrogen) atoms. The number of methoxy groups -OCH3 is 1. The summed E-state index contributed by atoms with van der Waals surface area (Å²) in [6, 6.07) is 7.05. The van der Waals surface area contributed by atoms with E-state index < -0.39 is 0 Å². The van der Waals surface area contributed by atoms with Crippen LogP contribution in [0, 0.1) is 0 Å². The Labute approximate surface area is 104 Å². The van der Waals surface area contributed by atoms with Crippen LogP contribution in [-0.2, 0) is 4.74 Å². The SMILES string of the molecule is COC(=O)c1ccc(-c2nnc(Br)s2)cc1. The average molecular weight is 299 g/mol. The van der Waals surface area contributed by atoms with Gasteiger partial charge in [0, 0.05) is 5.56 Å². The molecule has 0 saturated heterocycles. The summed E-state index contributed by atoms with van der Waals surface area (Å²) in [4.78, 5) is 11.2. The Morgan fingerprint density at radius 3 is 2.50 bits per heavy atom. The highest BCUT2D eigenvalue weighted by molar-refractivity contribution is 9.11. The van der Waals surface area contributed by atoms with Gasteiger partial charge in [0.2, 0.25) is 0 Å². The number of carbonyl (C=O) groups excluding carboxylic acids is 1. The van der Waals surface area contributed by atoms with Gasteiger partial charge in [0.25, 0.3) is 0 Å². The molecular weight excluding hydrogens is 292 g/mol. The van der Waals surface area contributed by atoms with Crippen LogP contribution in [0.15, 0.2) is 28.2 Å². The predicted molar refractivity (Wildman–Crippen MR) is 64.4 cm³/mol. The lowest BCUT2D eigenvalue weighted by Gasteiger charge is -1.99. The molecule has 0 N–H and O–H groups in total. The lowest BCUT2D eigenvalue weighted by molar-refractivity contribution is 0.0601. The highest BCUT2D eigenvalue weighted by Crippen LogP contribution is 2.26. The maximum Gasteiger partial charge on any atom is 0.337 e. The van der Waals surface area contributed by atoms with Gasteiger partial charge in [-0.3, -0.25) is 0 Å². The third kappa shape index (κ3) is 2.28. The molecule has 6 heteroatoms. The van der Waals surface area contributed by atoms with Crippen molar-refractivity contribution >= 4 is 33.2 Å². The molecule has 82 valence electrons. The number of carbonyl (C=O) groups is 1. The summed E-state index contributed by atoms with van der Waals surface area (Å²) >= 11 is 4.69. The van der Waals surface area contributed by atoms with Gasteiger partial charge in [-0.05, 0) is 28.1 Å². The van der Waals surface area contributed by atoms with Crippen molar-refractivity contribution in [3.05, 3.63) is 33.7 Å². The van der Waals surface area contributed by atoms with E-state index in [1.165, 1.54) is 18.4 Å². The zero-order valence-corrected chi connectivity index (χ0v) is 10.7. The van der Waals surface area contributed by atoms with Crippen molar-refractivity contribution in [3.63, 3.8) is 0 Å². The third-order valence-electron chi connectivity index (χ3n) is 1.95. The number of rotatable bonds is 2. The normalized spacial score (nSPS) is 10.1. The van der Waals surface area contributed by atoms with Gasteiger partial charge in [0.15, 0.2) is 3.92 Å². The third-order valence-corrected chi connectivity index (χ3v) is 3.36. The van der Waals surface area contributed by atoms with E-state index in [4.69, 9.17) is 0 Å². The van der Waals surface area contributed by atoms with Gasteiger partial charge < -0.3 is 4.74 Å². The molecule has 0 radical (unpaired) electrons. The van der Waals surface area contributed by atoms with Crippen LogP contribution in [0.3, 0.4) is 0 Å². The zero-order chi connectivity index (χ0) is 11.5. The van der Waals surface area contributed by atoms with Crippen LogP contribution in [0.5, 0.6) is 0 Å². The van der Waals surface area contributed by atoms with Crippen LogP contribution >= 0.6 is 27.3 Å².